The third-order valence-corrected chi connectivity index (χ3v) is 8.66. The van der Waals surface area contributed by atoms with E-state index in [1.165, 1.54) is 6.92 Å². The summed E-state index contributed by atoms with van der Waals surface area (Å²) in [6.07, 6.45) is 12.4. The van der Waals surface area contributed by atoms with Crippen molar-refractivity contribution in [1.29, 1.82) is 0 Å². The van der Waals surface area contributed by atoms with Crippen LogP contribution in [0, 0.1) is 17.8 Å². The van der Waals surface area contributed by atoms with Gasteiger partial charge in [-0.3, -0.25) is 9.59 Å². The van der Waals surface area contributed by atoms with Crippen molar-refractivity contribution in [1.82, 2.24) is 0 Å². The molecule has 0 aromatic heterocycles. The van der Waals surface area contributed by atoms with Gasteiger partial charge >= 0.3 is 11.9 Å². The van der Waals surface area contributed by atoms with Crippen LogP contribution < -0.4 is 0 Å². The van der Waals surface area contributed by atoms with E-state index in [-0.39, 0.29) is 48.7 Å². The van der Waals surface area contributed by atoms with Crippen molar-refractivity contribution in [3.8, 4) is 0 Å². The van der Waals surface area contributed by atoms with Crippen molar-refractivity contribution in [2.45, 2.75) is 123 Å². The minimum Gasteiger partial charge on any atom is -0.457 e. The van der Waals surface area contributed by atoms with Crippen molar-refractivity contribution in [3.63, 3.8) is 0 Å². The molecule has 0 aromatic rings. The van der Waals surface area contributed by atoms with Crippen LogP contribution in [-0.2, 0) is 38.0 Å². The van der Waals surface area contributed by atoms with Gasteiger partial charge in [-0.2, -0.15) is 0 Å². The number of cyclic esters (lactones) is 1. The maximum absolute atomic E-state index is 13.0. The summed E-state index contributed by atoms with van der Waals surface area (Å²) in [6.45, 7) is 13.8. The fourth-order valence-electron chi connectivity index (χ4n) is 5.74. The predicted molar refractivity (Wildman–Crippen MR) is 159 cm³/mol. The van der Waals surface area contributed by atoms with Gasteiger partial charge in [-0.25, -0.2) is 0 Å². The van der Waals surface area contributed by atoms with Gasteiger partial charge in [0, 0.05) is 40.1 Å². The van der Waals surface area contributed by atoms with Crippen LogP contribution in [-0.4, -0.2) is 75.5 Å². The summed E-state index contributed by atoms with van der Waals surface area (Å²) in [6, 6.07) is 0. The topological polar surface area (TPSA) is 92.8 Å². The monoisotopic (exact) mass is 578 g/mol. The molecule has 234 valence electrons. The molecule has 0 amide bonds. The van der Waals surface area contributed by atoms with Gasteiger partial charge in [-0.05, 0) is 57.1 Å². The summed E-state index contributed by atoms with van der Waals surface area (Å²) in [5, 5.41) is 0. The number of allylic oxidation sites excluding steroid dienone is 3. The summed E-state index contributed by atoms with van der Waals surface area (Å²) < 4.78 is 34.7. The van der Waals surface area contributed by atoms with E-state index in [0.29, 0.717) is 24.7 Å². The molecule has 0 radical (unpaired) electrons. The summed E-state index contributed by atoms with van der Waals surface area (Å²) in [5.74, 6) is -0.159. The lowest BCUT2D eigenvalue weighted by atomic mass is 9.88. The zero-order valence-corrected chi connectivity index (χ0v) is 26.9. The molecule has 2 heterocycles. The molecule has 0 aliphatic carbocycles. The maximum atomic E-state index is 13.0. The molecule has 10 atom stereocenters. The quantitative estimate of drug-likeness (QED) is 0.121. The number of esters is 2. The maximum Gasteiger partial charge on any atom is 0.309 e. The Morgan fingerprint density at radius 3 is 2.49 bits per heavy atom. The molecule has 10 unspecified atom stereocenters. The summed E-state index contributed by atoms with van der Waals surface area (Å²) in [7, 11) is 4.96. The Balaban J connectivity index is 2.18. The van der Waals surface area contributed by atoms with Crippen molar-refractivity contribution >= 4 is 11.9 Å². The van der Waals surface area contributed by atoms with Crippen molar-refractivity contribution in [3.05, 3.63) is 36.0 Å². The van der Waals surface area contributed by atoms with Gasteiger partial charge in [0.05, 0.1) is 30.8 Å². The van der Waals surface area contributed by atoms with Gasteiger partial charge in [0.25, 0.3) is 0 Å². The number of carbonyl (C=O) groups is 2. The average Bonchev–Trinajstić information content (AvgIpc) is 3.70. The SMILES string of the molecule is CCC(OC)C(C)C1OC1CC(C)C=CC=C(C)C1OC(=O)CC(OC)CCC(C)(OC)C(OC(C)=O)C=CC1C. The fourth-order valence-corrected chi connectivity index (χ4v) is 5.74. The molecule has 8 nitrogen and oxygen atoms in total. The third kappa shape index (κ3) is 10.7. The molecule has 41 heavy (non-hydrogen) atoms. The van der Waals surface area contributed by atoms with E-state index in [1.54, 1.807) is 21.3 Å². The number of carbonyl (C=O) groups excluding carboxylic acids is 2. The van der Waals surface area contributed by atoms with E-state index in [0.717, 1.165) is 18.4 Å². The highest BCUT2D eigenvalue weighted by Gasteiger charge is 2.45. The van der Waals surface area contributed by atoms with E-state index in [2.05, 4.69) is 26.8 Å². The van der Waals surface area contributed by atoms with Gasteiger partial charge in [-0.1, -0.05) is 52.0 Å². The first kappa shape index (κ1) is 35.2. The Bertz CT molecular complexity index is 922. The molecule has 0 bridgehead atoms. The molecule has 1 saturated heterocycles. The first-order valence-corrected chi connectivity index (χ1v) is 15.0. The Morgan fingerprint density at radius 2 is 1.90 bits per heavy atom. The highest BCUT2D eigenvalue weighted by molar-refractivity contribution is 5.70. The highest BCUT2D eigenvalue weighted by atomic mass is 16.6. The second kappa shape index (κ2) is 16.6. The van der Waals surface area contributed by atoms with E-state index < -0.39 is 17.8 Å². The smallest absolute Gasteiger partial charge is 0.309 e. The lowest BCUT2D eigenvalue weighted by Gasteiger charge is -2.36. The summed E-state index contributed by atoms with van der Waals surface area (Å²) >= 11 is 0. The molecule has 8 heteroatoms. The second-order valence-corrected chi connectivity index (χ2v) is 12.0. The number of epoxide rings is 1. The lowest BCUT2D eigenvalue weighted by Crippen LogP contribution is -2.44. The second-order valence-electron chi connectivity index (χ2n) is 12.0. The molecular weight excluding hydrogens is 524 g/mol. The molecule has 2 aliphatic heterocycles. The van der Waals surface area contributed by atoms with Crippen LogP contribution in [0.2, 0.25) is 0 Å². The van der Waals surface area contributed by atoms with E-state index in [4.69, 9.17) is 28.4 Å². The first-order chi connectivity index (χ1) is 19.4. The zero-order valence-electron chi connectivity index (χ0n) is 26.9. The molecule has 0 aromatic carbocycles. The molecule has 2 aliphatic rings. The zero-order chi connectivity index (χ0) is 30.7. The van der Waals surface area contributed by atoms with E-state index in [9.17, 15) is 9.59 Å². The molecule has 0 saturated carbocycles. The Kier molecular flexibility index (Phi) is 14.2. The van der Waals surface area contributed by atoms with Crippen LogP contribution in [0.3, 0.4) is 0 Å². The fraction of sp³-hybridized carbons (Fsp3) is 0.758. The average molecular weight is 579 g/mol. The number of hydrogen-bond donors (Lipinski definition) is 0. The summed E-state index contributed by atoms with van der Waals surface area (Å²) in [5.41, 5.74) is 0.146. The van der Waals surface area contributed by atoms with E-state index in [1.807, 2.05) is 45.1 Å². The molecule has 0 spiro atoms. The van der Waals surface area contributed by atoms with Crippen molar-refractivity contribution in [2.75, 3.05) is 21.3 Å². The van der Waals surface area contributed by atoms with Gasteiger partial charge in [0.2, 0.25) is 0 Å². The van der Waals surface area contributed by atoms with Crippen molar-refractivity contribution < 1.29 is 38.0 Å². The minimum absolute atomic E-state index is 0.130. The van der Waals surface area contributed by atoms with Crippen LogP contribution in [0.25, 0.3) is 0 Å². The number of ether oxygens (including phenoxy) is 6. The Morgan fingerprint density at radius 1 is 1.20 bits per heavy atom. The van der Waals surface area contributed by atoms with Gasteiger partial charge in [0.1, 0.15) is 17.8 Å². The Labute approximate surface area is 247 Å². The van der Waals surface area contributed by atoms with Crippen LogP contribution in [0.5, 0.6) is 0 Å². The molecular formula is C33H54O8. The largest absolute Gasteiger partial charge is 0.457 e. The molecule has 0 N–H and O–H groups in total. The number of methoxy groups -OCH3 is 3. The Hall–Kier alpha value is -2.00. The number of rotatable bonds is 12. The lowest BCUT2D eigenvalue weighted by molar-refractivity contribution is -0.161. The number of hydrogen-bond acceptors (Lipinski definition) is 8. The van der Waals surface area contributed by atoms with E-state index >= 15 is 0 Å². The van der Waals surface area contributed by atoms with Crippen LogP contribution in [0.1, 0.15) is 80.6 Å². The van der Waals surface area contributed by atoms with Crippen molar-refractivity contribution in [2.24, 2.45) is 17.8 Å². The molecule has 1 fully saturated rings. The standard InChI is InChI=1S/C33H54O8/c1-11-27(37-9)24(5)32-28(40-32)19-21(2)13-12-14-22(3)31-23(4)15-16-29(39-25(6)34)33(7,38-10)18-17-26(36-8)20-30(35)41-31/h12-16,21,23-24,26-29,31-32H,11,17-20H2,1-10H3. The van der Waals surface area contributed by atoms with Crippen LogP contribution >= 0.6 is 0 Å². The van der Waals surface area contributed by atoms with Crippen LogP contribution in [0.15, 0.2) is 36.0 Å². The van der Waals surface area contributed by atoms with Gasteiger partial charge in [-0.15, -0.1) is 0 Å². The predicted octanol–water partition coefficient (Wildman–Crippen LogP) is 5.98. The highest BCUT2D eigenvalue weighted by Crippen LogP contribution is 2.37. The van der Waals surface area contributed by atoms with Gasteiger partial charge in [0.15, 0.2) is 0 Å². The minimum atomic E-state index is -0.774. The summed E-state index contributed by atoms with van der Waals surface area (Å²) in [4.78, 5) is 24.9. The normalized spacial score (nSPS) is 33.8. The third-order valence-electron chi connectivity index (χ3n) is 8.66. The first-order valence-electron chi connectivity index (χ1n) is 15.0. The molecule has 2 rings (SSSR count). The van der Waals surface area contributed by atoms with Gasteiger partial charge < -0.3 is 28.4 Å². The van der Waals surface area contributed by atoms with Crippen LogP contribution in [0.4, 0.5) is 0 Å².